The number of morpholine rings is 1. The highest BCUT2D eigenvalue weighted by Gasteiger charge is 2.17. The van der Waals surface area contributed by atoms with E-state index in [2.05, 4.69) is 5.43 Å². The summed E-state index contributed by atoms with van der Waals surface area (Å²) in [5.74, 6) is -0.629. The summed E-state index contributed by atoms with van der Waals surface area (Å²) < 4.78 is 19.1. The van der Waals surface area contributed by atoms with Gasteiger partial charge in [0, 0.05) is 13.1 Å². The zero-order valence-corrected chi connectivity index (χ0v) is 9.93. The molecule has 0 spiro atoms. The Morgan fingerprint density at radius 3 is 2.59 bits per heavy atom. The first-order valence-electron chi connectivity index (χ1n) is 5.22. The van der Waals surface area contributed by atoms with Gasteiger partial charge in [0.05, 0.1) is 24.6 Å². The van der Waals surface area contributed by atoms with Crippen molar-refractivity contribution >= 4 is 28.7 Å². The standard InChI is InChI=1S/C10H14ClFN4O/c11-8-6(13)5-7(14)10(9(8)12)15-16-1-3-17-4-2-16/h5,15H,1-4,13-14H2. The van der Waals surface area contributed by atoms with Crippen molar-refractivity contribution in [2.45, 2.75) is 0 Å². The first kappa shape index (κ1) is 12.2. The maximum Gasteiger partial charge on any atom is 0.170 e. The van der Waals surface area contributed by atoms with Gasteiger partial charge in [0.15, 0.2) is 5.82 Å². The monoisotopic (exact) mass is 260 g/mol. The molecule has 5 N–H and O–H groups in total. The summed E-state index contributed by atoms with van der Waals surface area (Å²) in [5, 5.41) is 1.71. The minimum absolute atomic E-state index is 0.116. The van der Waals surface area contributed by atoms with Crippen LogP contribution in [-0.2, 0) is 4.74 Å². The van der Waals surface area contributed by atoms with Crippen LogP contribution in [0.5, 0.6) is 0 Å². The van der Waals surface area contributed by atoms with E-state index in [1.807, 2.05) is 5.01 Å². The lowest BCUT2D eigenvalue weighted by molar-refractivity contribution is 0.0495. The van der Waals surface area contributed by atoms with Gasteiger partial charge < -0.3 is 21.6 Å². The number of rotatable bonds is 2. The van der Waals surface area contributed by atoms with Gasteiger partial charge in [-0.3, -0.25) is 0 Å². The average molecular weight is 261 g/mol. The SMILES string of the molecule is Nc1cc(N)c(NN2CCOCC2)c(F)c1Cl. The molecule has 1 saturated heterocycles. The second kappa shape index (κ2) is 4.95. The molecule has 1 fully saturated rings. The molecule has 0 amide bonds. The Kier molecular flexibility index (Phi) is 3.56. The lowest BCUT2D eigenvalue weighted by Crippen LogP contribution is -2.40. The molecule has 0 unspecified atom stereocenters. The highest BCUT2D eigenvalue weighted by atomic mass is 35.5. The first-order valence-corrected chi connectivity index (χ1v) is 5.59. The molecule has 0 saturated carbocycles. The van der Waals surface area contributed by atoms with Gasteiger partial charge >= 0.3 is 0 Å². The fraction of sp³-hybridized carbons (Fsp3) is 0.400. The van der Waals surface area contributed by atoms with E-state index in [0.717, 1.165) is 0 Å². The summed E-state index contributed by atoms with van der Waals surface area (Å²) in [6.07, 6.45) is 0. The van der Waals surface area contributed by atoms with Crippen LogP contribution in [0.2, 0.25) is 5.02 Å². The van der Waals surface area contributed by atoms with Crippen molar-refractivity contribution in [1.29, 1.82) is 0 Å². The van der Waals surface area contributed by atoms with Crippen molar-refractivity contribution in [3.63, 3.8) is 0 Å². The van der Waals surface area contributed by atoms with E-state index in [0.29, 0.717) is 26.3 Å². The molecule has 2 rings (SSSR count). The maximum absolute atomic E-state index is 13.9. The van der Waals surface area contributed by atoms with Crippen LogP contribution in [0.3, 0.4) is 0 Å². The molecule has 0 radical (unpaired) electrons. The molecule has 1 heterocycles. The molecule has 5 nitrogen and oxygen atoms in total. The van der Waals surface area contributed by atoms with Crippen molar-refractivity contribution in [3.8, 4) is 0 Å². The van der Waals surface area contributed by atoms with Crippen LogP contribution in [0.1, 0.15) is 0 Å². The van der Waals surface area contributed by atoms with E-state index in [1.54, 1.807) is 0 Å². The quantitative estimate of drug-likeness (QED) is 0.699. The zero-order valence-electron chi connectivity index (χ0n) is 9.17. The van der Waals surface area contributed by atoms with Gasteiger partial charge in [-0.05, 0) is 6.07 Å². The Labute approximate surface area is 103 Å². The van der Waals surface area contributed by atoms with E-state index in [4.69, 9.17) is 27.8 Å². The number of anilines is 3. The Morgan fingerprint density at radius 1 is 1.29 bits per heavy atom. The molecule has 1 aliphatic rings. The predicted molar refractivity (Wildman–Crippen MR) is 66.2 cm³/mol. The Morgan fingerprint density at radius 2 is 1.94 bits per heavy atom. The fourth-order valence-corrected chi connectivity index (χ4v) is 1.76. The van der Waals surface area contributed by atoms with Crippen molar-refractivity contribution in [2.75, 3.05) is 43.2 Å². The van der Waals surface area contributed by atoms with Crippen molar-refractivity contribution in [1.82, 2.24) is 5.01 Å². The number of halogens is 2. The molecule has 17 heavy (non-hydrogen) atoms. The average Bonchev–Trinajstić information content (AvgIpc) is 2.33. The number of benzene rings is 1. The number of nitrogens with zero attached hydrogens (tertiary/aromatic N) is 1. The molecule has 0 bridgehead atoms. The Hall–Kier alpha value is -1.24. The number of nitrogen functional groups attached to an aromatic ring is 2. The van der Waals surface area contributed by atoms with Crippen molar-refractivity contribution in [3.05, 3.63) is 16.9 Å². The first-order chi connectivity index (χ1) is 8.09. The lowest BCUT2D eigenvalue weighted by Gasteiger charge is -2.28. The van der Waals surface area contributed by atoms with Gasteiger partial charge in [-0.2, -0.15) is 0 Å². The summed E-state index contributed by atoms with van der Waals surface area (Å²) in [6, 6.07) is 1.44. The molecular weight excluding hydrogens is 247 g/mol. The lowest BCUT2D eigenvalue weighted by atomic mass is 10.2. The van der Waals surface area contributed by atoms with Crippen LogP contribution in [0.25, 0.3) is 0 Å². The second-order valence-corrected chi connectivity index (χ2v) is 4.15. The topological polar surface area (TPSA) is 76.5 Å². The smallest absolute Gasteiger partial charge is 0.170 e. The number of hydrogen-bond donors (Lipinski definition) is 3. The summed E-state index contributed by atoms with van der Waals surface area (Å²) >= 11 is 5.73. The van der Waals surface area contributed by atoms with Crippen LogP contribution in [0, 0.1) is 5.82 Å². The Balaban J connectivity index is 2.22. The molecule has 7 heteroatoms. The molecule has 94 valence electrons. The molecule has 0 atom stereocenters. The largest absolute Gasteiger partial charge is 0.397 e. The number of nitrogens with two attached hydrogens (primary N) is 2. The van der Waals surface area contributed by atoms with Crippen LogP contribution in [0.4, 0.5) is 21.5 Å². The van der Waals surface area contributed by atoms with Gasteiger partial charge in [0.2, 0.25) is 0 Å². The van der Waals surface area contributed by atoms with E-state index < -0.39 is 5.82 Å². The number of ether oxygens (including phenoxy) is 1. The zero-order chi connectivity index (χ0) is 12.4. The number of nitrogens with one attached hydrogen (secondary N) is 1. The molecule has 1 aromatic rings. The summed E-state index contributed by atoms with van der Waals surface area (Å²) in [7, 11) is 0. The number of hydrogen-bond acceptors (Lipinski definition) is 5. The summed E-state index contributed by atoms with van der Waals surface area (Å²) in [6.45, 7) is 2.50. The van der Waals surface area contributed by atoms with Gasteiger partial charge in [-0.25, -0.2) is 9.40 Å². The summed E-state index contributed by atoms with van der Waals surface area (Å²) in [5.41, 5.74) is 14.6. The van der Waals surface area contributed by atoms with E-state index in [-0.39, 0.29) is 22.1 Å². The third kappa shape index (κ3) is 2.54. The van der Waals surface area contributed by atoms with E-state index in [9.17, 15) is 4.39 Å². The maximum atomic E-state index is 13.9. The summed E-state index contributed by atoms with van der Waals surface area (Å²) in [4.78, 5) is 0. The normalized spacial score (nSPS) is 17.1. The van der Waals surface area contributed by atoms with Crippen molar-refractivity contribution < 1.29 is 9.13 Å². The van der Waals surface area contributed by atoms with Gasteiger partial charge in [0.25, 0.3) is 0 Å². The highest BCUT2D eigenvalue weighted by molar-refractivity contribution is 6.33. The van der Waals surface area contributed by atoms with E-state index >= 15 is 0 Å². The minimum Gasteiger partial charge on any atom is -0.397 e. The molecule has 1 aromatic carbocycles. The number of hydrazine groups is 1. The molecular formula is C10H14ClFN4O. The molecule has 0 aliphatic carbocycles. The molecule has 0 aromatic heterocycles. The fourth-order valence-electron chi connectivity index (χ4n) is 1.61. The molecule has 1 aliphatic heterocycles. The third-order valence-electron chi connectivity index (χ3n) is 2.55. The highest BCUT2D eigenvalue weighted by Crippen LogP contribution is 2.33. The van der Waals surface area contributed by atoms with Crippen LogP contribution in [0.15, 0.2) is 6.07 Å². The minimum atomic E-state index is -0.629. The van der Waals surface area contributed by atoms with E-state index in [1.165, 1.54) is 6.07 Å². The third-order valence-corrected chi connectivity index (χ3v) is 2.93. The van der Waals surface area contributed by atoms with Crippen LogP contribution in [-0.4, -0.2) is 31.3 Å². The Bertz CT molecular complexity index is 423. The van der Waals surface area contributed by atoms with Crippen molar-refractivity contribution in [2.24, 2.45) is 0 Å². The van der Waals surface area contributed by atoms with Gasteiger partial charge in [-0.15, -0.1) is 0 Å². The van der Waals surface area contributed by atoms with Crippen LogP contribution < -0.4 is 16.9 Å². The van der Waals surface area contributed by atoms with Gasteiger partial charge in [-0.1, -0.05) is 11.6 Å². The van der Waals surface area contributed by atoms with Gasteiger partial charge in [0.1, 0.15) is 10.7 Å². The second-order valence-electron chi connectivity index (χ2n) is 3.77. The van der Waals surface area contributed by atoms with Crippen LogP contribution >= 0.6 is 11.6 Å². The predicted octanol–water partition coefficient (Wildman–Crippen LogP) is 1.30.